The molecule has 0 spiro atoms. The molecule has 14 rings (SSSR count). The summed E-state index contributed by atoms with van der Waals surface area (Å²) in [7, 11) is 0. The molecule has 0 saturated heterocycles. The van der Waals surface area contributed by atoms with Crippen molar-refractivity contribution in [2.24, 2.45) is 5.92 Å². The van der Waals surface area contributed by atoms with E-state index < -0.39 is 0 Å². The van der Waals surface area contributed by atoms with Crippen LogP contribution < -0.4 is 9.80 Å². The summed E-state index contributed by atoms with van der Waals surface area (Å²) in [6.45, 7) is 14.2. The van der Waals surface area contributed by atoms with E-state index in [1.165, 1.54) is 94.6 Å². The minimum absolute atomic E-state index is 0.117. The molecular weight excluding hydrogens is 965 g/mol. The van der Waals surface area contributed by atoms with E-state index in [1.807, 2.05) is 0 Å². The molecule has 0 bridgehead atoms. The molecule has 4 aliphatic carbocycles. The summed E-state index contributed by atoms with van der Waals surface area (Å²) < 4.78 is 0. The number of fused-ring (bicyclic) bond motifs is 6. The van der Waals surface area contributed by atoms with E-state index in [0.717, 1.165) is 34.1 Å². The summed E-state index contributed by atoms with van der Waals surface area (Å²) in [6.07, 6.45) is 11.7. The minimum Gasteiger partial charge on any atom is -0.310 e. The van der Waals surface area contributed by atoms with Crippen molar-refractivity contribution < 1.29 is 0 Å². The van der Waals surface area contributed by atoms with E-state index in [1.54, 1.807) is 0 Å². The molecule has 0 radical (unpaired) electrons. The highest BCUT2D eigenvalue weighted by atomic mass is 15.1. The normalized spacial score (nSPS) is 18.6. The molecule has 0 aromatic heterocycles. The van der Waals surface area contributed by atoms with Gasteiger partial charge < -0.3 is 9.80 Å². The monoisotopic (exact) mass is 1030 g/mol. The summed E-state index contributed by atoms with van der Waals surface area (Å²) in [5.41, 5.74) is 28.3. The van der Waals surface area contributed by atoms with Gasteiger partial charge in [-0.15, -0.1) is 0 Å². The molecule has 0 fully saturated rings. The predicted octanol–water partition coefficient (Wildman–Crippen LogP) is 21.0. The topological polar surface area (TPSA) is 6.48 Å². The largest absolute Gasteiger partial charge is 0.310 e. The van der Waals surface area contributed by atoms with Gasteiger partial charge >= 0.3 is 0 Å². The summed E-state index contributed by atoms with van der Waals surface area (Å²) in [5.74, 6) is 0.253. The van der Waals surface area contributed by atoms with Crippen LogP contribution in [0.15, 0.2) is 284 Å². The van der Waals surface area contributed by atoms with Crippen molar-refractivity contribution in [3.8, 4) is 44.5 Å². The fourth-order valence-corrected chi connectivity index (χ4v) is 13.9. The molecule has 80 heavy (non-hydrogen) atoms. The summed E-state index contributed by atoms with van der Waals surface area (Å²) in [4.78, 5) is 4.86. The van der Waals surface area contributed by atoms with Crippen molar-refractivity contribution in [1.82, 2.24) is 0 Å². The SMILES string of the molecule is CC1C=CC(C)(c2ccc(N(c3ccc(-c4ccccc4)cc3)c3ccc4c(c3)C(C)(C)c3ccccc3-4)cc2)/C1=C1/C=CC=C1c1ccc(N(c2ccc(-c3ccccc3)cc2)c2ccc3c(c2)C(C)(C)c2ccccc2-3)cc1. The lowest BCUT2D eigenvalue weighted by atomic mass is 9.73. The van der Waals surface area contributed by atoms with E-state index >= 15 is 0 Å². The van der Waals surface area contributed by atoms with Crippen LogP contribution >= 0.6 is 0 Å². The molecule has 0 N–H and O–H groups in total. The lowest BCUT2D eigenvalue weighted by molar-refractivity contribution is 0.660. The molecule has 10 aromatic carbocycles. The van der Waals surface area contributed by atoms with E-state index in [-0.39, 0.29) is 22.2 Å². The quantitative estimate of drug-likeness (QED) is 0.126. The van der Waals surface area contributed by atoms with Crippen LogP contribution in [0, 0.1) is 5.92 Å². The van der Waals surface area contributed by atoms with Gasteiger partial charge in [-0.3, -0.25) is 0 Å². The average molecular weight is 1030 g/mol. The third-order valence-corrected chi connectivity index (χ3v) is 18.1. The van der Waals surface area contributed by atoms with Gasteiger partial charge in [-0.25, -0.2) is 0 Å². The number of benzene rings is 10. The number of hydrogen-bond donors (Lipinski definition) is 0. The van der Waals surface area contributed by atoms with E-state index in [2.05, 4.69) is 324 Å². The van der Waals surface area contributed by atoms with Crippen molar-refractivity contribution >= 4 is 39.7 Å². The Morgan fingerprint density at radius 1 is 0.350 bits per heavy atom. The van der Waals surface area contributed by atoms with Gasteiger partial charge in [0.15, 0.2) is 0 Å². The second kappa shape index (κ2) is 19.0. The van der Waals surface area contributed by atoms with Crippen LogP contribution in [0.25, 0.3) is 50.1 Å². The molecule has 4 aliphatic rings. The van der Waals surface area contributed by atoms with Crippen molar-refractivity contribution in [1.29, 1.82) is 0 Å². The van der Waals surface area contributed by atoms with Gasteiger partial charge in [-0.1, -0.05) is 235 Å². The van der Waals surface area contributed by atoms with Crippen LogP contribution in [0.3, 0.4) is 0 Å². The highest BCUT2D eigenvalue weighted by molar-refractivity contribution is 5.91. The third-order valence-electron chi connectivity index (χ3n) is 18.1. The standard InChI is InChI=1S/C78H64N2/c1-52-48-49-78(6,58-34-42-62(43-35-58)80(60-38-30-56(31-39-60)54-20-11-8-12-21-54)64-45-47-69-67-23-14-16-27-72(67)77(4,5)74(69)51-64)75(52)70-25-17-24-65(70)57-32-40-61(41-33-57)79(59-36-28-55(29-37-59)53-18-9-7-10-19-53)63-44-46-68-66-22-13-15-26-71(66)76(2,3)73(68)50-63/h7-52H,1-6H3/b75-70-. The van der Waals surface area contributed by atoms with Crippen LogP contribution in [-0.4, -0.2) is 0 Å². The van der Waals surface area contributed by atoms with Gasteiger partial charge in [-0.2, -0.15) is 0 Å². The zero-order valence-electron chi connectivity index (χ0n) is 46.5. The molecule has 0 aliphatic heterocycles. The lowest BCUT2D eigenvalue weighted by Gasteiger charge is -2.32. The average Bonchev–Trinajstić information content (AvgIpc) is 4.30. The number of nitrogens with zero attached hydrogens (tertiary/aromatic N) is 2. The van der Waals surface area contributed by atoms with Crippen LogP contribution in [0.5, 0.6) is 0 Å². The van der Waals surface area contributed by atoms with Crippen LogP contribution in [0.1, 0.15) is 74.9 Å². The van der Waals surface area contributed by atoms with Gasteiger partial charge in [-0.05, 0) is 180 Å². The molecule has 2 heteroatoms. The Morgan fingerprint density at radius 2 is 0.725 bits per heavy atom. The van der Waals surface area contributed by atoms with Gasteiger partial charge in [0.05, 0.1) is 0 Å². The molecule has 0 heterocycles. The van der Waals surface area contributed by atoms with Crippen molar-refractivity contribution in [3.63, 3.8) is 0 Å². The first-order valence-corrected chi connectivity index (χ1v) is 28.4. The zero-order chi connectivity index (χ0) is 54.3. The molecule has 2 nitrogen and oxygen atoms in total. The Hall–Kier alpha value is -9.24. The Morgan fingerprint density at radius 3 is 1.19 bits per heavy atom. The van der Waals surface area contributed by atoms with Gasteiger partial charge in [0, 0.05) is 50.4 Å². The predicted molar refractivity (Wildman–Crippen MR) is 338 cm³/mol. The Balaban J connectivity index is 0.803. The third kappa shape index (κ3) is 7.99. The minimum atomic E-state index is -0.323. The Bertz CT molecular complexity index is 4150. The Kier molecular flexibility index (Phi) is 11.7. The van der Waals surface area contributed by atoms with Crippen molar-refractivity contribution in [3.05, 3.63) is 318 Å². The number of hydrogen-bond acceptors (Lipinski definition) is 2. The smallest absolute Gasteiger partial charge is 0.0465 e. The summed E-state index contributed by atoms with van der Waals surface area (Å²) >= 11 is 0. The van der Waals surface area contributed by atoms with Crippen LogP contribution in [-0.2, 0) is 16.2 Å². The molecule has 0 amide bonds. The van der Waals surface area contributed by atoms with E-state index in [4.69, 9.17) is 0 Å². The maximum Gasteiger partial charge on any atom is 0.0465 e. The number of anilines is 6. The van der Waals surface area contributed by atoms with Crippen LogP contribution in [0.2, 0.25) is 0 Å². The van der Waals surface area contributed by atoms with Gasteiger partial charge in [0.25, 0.3) is 0 Å². The fraction of sp³-hybridized carbons (Fsp3) is 0.128. The highest BCUT2D eigenvalue weighted by Crippen LogP contribution is 2.54. The summed E-state index contributed by atoms with van der Waals surface area (Å²) in [6, 6.07) is 90.0. The molecule has 0 saturated carbocycles. The molecule has 2 atom stereocenters. The first kappa shape index (κ1) is 49.1. The molecule has 386 valence electrons. The Labute approximate surface area is 472 Å². The van der Waals surface area contributed by atoms with Gasteiger partial charge in [0.1, 0.15) is 0 Å². The number of rotatable bonds is 10. The van der Waals surface area contributed by atoms with Crippen LogP contribution in [0.4, 0.5) is 34.1 Å². The molecular formula is C78H64N2. The molecule has 10 aromatic rings. The highest BCUT2D eigenvalue weighted by Gasteiger charge is 2.40. The zero-order valence-corrected chi connectivity index (χ0v) is 46.5. The maximum absolute atomic E-state index is 2.44. The lowest BCUT2D eigenvalue weighted by Crippen LogP contribution is -2.23. The van der Waals surface area contributed by atoms with E-state index in [0.29, 0.717) is 0 Å². The number of allylic oxidation sites excluding steroid dienone is 8. The molecule has 2 unspecified atom stereocenters. The van der Waals surface area contributed by atoms with Gasteiger partial charge in [0.2, 0.25) is 0 Å². The second-order valence-electron chi connectivity index (χ2n) is 23.5. The summed E-state index contributed by atoms with van der Waals surface area (Å²) in [5, 5.41) is 0. The first-order chi connectivity index (χ1) is 39.0. The second-order valence-corrected chi connectivity index (χ2v) is 23.5. The fourth-order valence-electron chi connectivity index (χ4n) is 13.9. The first-order valence-electron chi connectivity index (χ1n) is 28.4. The van der Waals surface area contributed by atoms with E-state index in [9.17, 15) is 0 Å². The van der Waals surface area contributed by atoms with Crippen molar-refractivity contribution in [2.45, 2.75) is 57.8 Å². The van der Waals surface area contributed by atoms with Crippen molar-refractivity contribution in [2.75, 3.05) is 9.80 Å². The maximum atomic E-state index is 2.44.